The van der Waals surface area contributed by atoms with E-state index in [1.165, 1.54) is 6.07 Å². The first kappa shape index (κ1) is 25.1. The van der Waals surface area contributed by atoms with Gasteiger partial charge >= 0.3 is 0 Å². The lowest BCUT2D eigenvalue weighted by molar-refractivity contribution is 0.00706. The lowest BCUT2D eigenvalue weighted by Gasteiger charge is -2.35. The monoisotopic (exact) mass is 562 g/mol. The third-order valence-electron chi connectivity index (χ3n) is 7.96. The van der Waals surface area contributed by atoms with Crippen LogP contribution >= 0.6 is 0 Å². The Kier molecular flexibility index (Phi) is 6.04. The lowest BCUT2D eigenvalue weighted by atomic mass is 10.0. The van der Waals surface area contributed by atoms with Crippen molar-refractivity contribution in [2.24, 2.45) is 0 Å². The van der Waals surface area contributed by atoms with E-state index in [0.29, 0.717) is 31.7 Å². The molecular formula is C26H28F2N4O6S. The average Bonchev–Trinajstić information content (AvgIpc) is 3.47. The van der Waals surface area contributed by atoms with E-state index in [1.54, 1.807) is 28.6 Å². The van der Waals surface area contributed by atoms with Gasteiger partial charge in [0.1, 0.15) is 29.6 Å². The van der Waals surface area contributed by atoms with Gasteiger partial charge in [-0.1, -0.05) is 12.1 Å². The van der Waals surface area contributed by atoms with E-state index in [4.69, 9.17) is 14.2 Å². The molecule has 39 heavy (non-hydrogen) atoms. The molecular weight excluding hydrogens is 534 g/mol. The van der Waals surface area contributed by atoms with Crippen LogP contribution in [0.25, 0.3) is 22.2 Å². The van der Waals surface area contributed by atoms with Crippen LogP contribution in [-0.2, 0) is 19.5 Å². The van der Waals surface area contributed by atoms with Crippen LogP contribution in [-0.4, -0.2) is 96.9 Å². The predicted octanol–water partition coefficient (Wildman–Crippen LogP) is 2.03. The molecule has 3 saturated heterocycles. The summed E-state index contributed by atoms with van der Waals surface area (Å²) in [5.74, 6) is -1.55. The maximum atomic E-state index is 15.6. The third kappa shape index (κ3) is 4.36. The topological polar surface area (TPSA) is 117 Å². The van der Waals surface area contributed by atoms with Crippen molar-refractivity contribution in [3.8, 4) is 17.1 Å². The van der Waals surface area contributed by atoms with Crippen molar-refractivity contribution in [2.45, 2.75) is 42.5 Å². The molecule has 2 N–H and O–H groups in total. The van der Waals surface area contributed by atoms with Gasteiger partial charge < -0.3 is 29.2 Å². The number of aromatic nitrogens is 2. The number of nitrogens with zero attached hydrogens (tertiary/aromatic N) is 3. The van der Waals surface area contributed by atoms with Gasteiger partial charge in [0.2, 0.25) is 10.0 Å². The average molecular weight is 563 g/mol. The van der Waals surface area contributed by atoms with Gasteiger partial charge in [-0.2, -0.15) is 9.29 Å². The highest BCUT2D eigenvalue weighted by Crippen LogP contribution is 2.35. The van der Waals surface area contributed by atoms with E-state index >= 15 is 8.78 Å². The van der Waals surface area contributed by atoms with Crippen LogP contribution in [0.5, 0.6) is 6.01 Å². The second-order valence-corrected chi connectivity index (χ2v) is 12.7. The smallest absolute Gasteiger partial charge is 0.295 e. The number of nitrogens with one attached hydrogen (secondary N) is 1. The van der Waals surface area contributed by atoms with Gasteiger partial charge in [-0.25, -0.2) is 17.2 Å². The normalized spacial score (nSPS) is 27.8. The second-order valence-electron chi connectivity index (χ2n) is 10.5. The highest BCUT2D eigenvalue weighted by molar-refractivity contribution is 7.90. The maximum absolute atomic E-state index is 15.6. The van der Waals surface area contributed by atoms with Crippen LogP contribution in [0.1, 0.15) is 12.8 Å². The summed E-state index contributed by atoms with van der Waals surface area (Å²) in [7, 11) is -3.19. The first-order valence-electron chi connectivity index (χ1n) is 13.1. The van der Waals surface area contributed by atoms with Crippen molar-refractivity contribution in [1.29, 1.82) is 0 Å². The Morgan fingerprint density at radius 3 is 2.46 bits per heavy atom. The Morgan fingerprint density at radius 1 is 1.03 bits per heavy atom. The molecule has 0 spiro atoms. The number of ether oxygens (including phenoxy) is 3. The molecule has 4 aliphatic rings. The molecule has 0 bridgehead atoms. The number of halogens is 2. The van der Waals surface area contributed by atoms with Gasteiger partial charge in [0.15, 0.2) is 11.9 Å². The molecule has 13 heteroatoms. The predicted molar refractivity (Wildman–Crippen MR) is 137 cm³/mol. The van der Waals surface area contributed by atoms with E-state index in [0.717, 1.165) is 18.5 Å². The van der Waals surface area contributed by atoms with Crippen LogP contribution in [0, 0.1) is 11.6 Å². The zero-order chi connectivity index (χ0) is 26.9. The first-order valence-corrected chi connectivity index (χ1v) is 14.6. The lowest BCUT2D eigenvalue weighted by Crippen LogP contribution is -2.49. The van der Waals surface area contributed by atoms with Crippen molar-refractivity contribution in [2.75, 3.05) is 44.3 Å². The number of hydrogen-bond acceptors (Lipinski definition) is 8. The molecule has 3 aromatic rings. The summed E-state index contributed by atoms with van der Waals surface area (Å²) in [6.45, 7) is 2.27. The SMILES string of the molecule is O=S(=O)(C1CC1)N1CCN(c2ccc(-c3c(F)cc4[nH]c(OC5COC6C(O)COC56)nc4c3F)cc2)CC1. The Balaban J connectivity index is 1.08. The summed E-state index contributed by atoms with van der Waals surface area (Å²) in [5.41, 5.74) is 1.12. The molecule has 0 radical (unpaired) electrons. The third-order valence-corrected chi connectivity index (χ3v) is 10.4. The molecule has 0 amide bonds. The fourth-order valence-electron chi connectivity index (χ4n) is 5.68. The summed E-state index contributed by atoms with van der Waals surface area (Å²) in [5, 5.41) is 9.69. The Bertz CT molecular complexity index is 1500. The van der Waals surface area contributed by atoms with Crippen LogP contribution in [0.2, 0.25) is 0 Å². The molecule has 7 rings (SSSR count). The first-order chi connectivity index (χ1) is 18.8. The van der Waals surface area contributed by atoms with Gasteiger partial charge in [-0.05, 0) is 30.5 Å². The van der Waals surface area contributed by atoms with Crippen LogP contribution < -0.4 is 9.64 Å². The maximum Gasteiger partial charge on any atom is 0.295 e. The van der Waals surface area contributed by atoms with Gasteiger partial charge in [-0.15, -0.1) is 0 Å². The van der Waals surface area contributed by atoms with Crippen molar-refractivity contribution < 1.29 is 36.5 Å². The fraction of sp³-hybridized carbons (Fsp3) is 0.500. The summed E-state index contributed by atoms with van der Waals surface area (Å²) in [4.78, 5) is 9.10. The zero-order valence-corrected chi connectivity index (χ0v) is 21.7. The number of hydrogen-bond donors (Lipinski definition) is 2. The number of H-pyrrole nitrogens is 1. The molecule has 4 fully saturated rings. The summed E-state index contributed by atoms with van der Waals surface area (Å²) >= 11 is 0. The number of aliphatic hydroxyl groups is 1. The molecule has 4 unspecified atom stereocenters. The minimum Gasteiger partial charge on any atom is -0.456 e. The molecule has 1 saturated carbocycles. The summed E-state index contributed by atoms with van der Waals surface area (Å²) < 4.78 is 74.1. The number of imidazole rings is 1. The van der Waals surface area contributed by atoms with Gasteiger partial charge in [0.05, 0.1) is 29.5 Å². The van der Waals surface area contributed by atoms with Crippen molar-refractivity contribution in [3.05, 3.63) is 42.0 Å². The Morgan fingerprint density at radius 2 is 1.74 bits per heavy atom. The van der Waals surface area contributed by atoms with Crippen LogP contribution in [0.3, 0.4) is 0 Å². The minimum atomic E-state index is -3.19. The van der Waals surface area contributed by atoms with Gasteiger partial charge in [-0.3, -0.25) is 0 Å². The molecule has 208 valence electrons. The number of fused-ring (bicyclic) bond motifs is 2. The molecule has 10 nitrogen and oxygen atoms in total. The van der Waals surface area contributed by atoms with E-state index in [9.17, 15) is 13.5 Å². The van der Waals surface area contributed by atoms with Crippen LogP contribution in [0.4, 0.5) is 14.5 Å². The quantitative estimate of drug-likeness (QED) is 0.469. The minimum absolute atomic E-state index is 0.0119. The molecule has 4 atom stereocenters. The molecule has 1 aliphatic carbocycles. The second kappa shape index (κ2) is 9.37. The summed E-state index contributed by atoms with van der Waals surface area (Å²) in [6, 6.07) is 8.07. The van der Waals surface area contributed by atoms with E-state index < -0.39 is 46.1 Å². The van der Waals surface area contributed by atoms with Crippen molar-refractivity contribution in [1.82, 2.24) is 14.3 Å². The standard InChI is InChI=1S/C26H28F2N4O6S/c27-17-11-18-23(30-26(29-18)38-20-13-37-24-19(33)12-36-25(20)24)22(28)21(17)14-1-3-15(4-2-14)31-7-9-32(10-8-31)39(34,35)16-5-6-16/h1-4,11,16,19-20,24-25,33H,5-10,12-13H2,(H,29,30). The highest BCUT2D eigenvalue weighted by Gasteiger charge is 2.48. The number of rotatable bonds is 6. The van der Waals surface area contributed by atoms with E-state index in [2.05, 4.69) is 14.9 Å². The Labute approximate surface area is 223 Å². The van der Waals surface area contributed by atoms with Gasteiger partial charge in [0, 0.05) is 37.9 Å². The number of benzene rings is 2. The number of anilines is 1. The summed E-state index contributed by atoms with van der Waals surface area (Å²) in [6.07, 6.45) is -0.731. The number of aromatic amines is 1. The van der Waals surface area contributed by atoms with Crippen molar-refractivity contribution >= 4 is 26.7 Å². The molecule has 1 aromatic heterocycles. The highest BCUT2D eigenvalue weighted by atomic mass is 32.2. The van der Waals surface area contributed by atoms with Crippen LogP contribution in [0.15, 0.2) is 30.3 Å². The van der Waals surface area contributed by atoms with Gasteiger partial charge in [0.25, 0.3) is 6.01 Å². The number of aliphatic hydroxyl groups excluding tert-OH is 1. The van der Waals surface area contributed by atoms with Crippen molar-refractivity contribution in [3.63, 3.8) is 0 Å². The number of sulfonamides is 1. The zero-order valence-electron chi connectivity index (χ0n) is 20.9. The number of piperazine rings is 1. The molecule has 3 aliphatic heterocycles. The van der Waals surface area contributed by atoms with E-state index in [1.807, 2.05) is 0 Å². The Hall–Kier alpha value is -2.84. The largest absolute Gasteiger partial charge is 0.456 e. The molecule has 4 heterocycles. The molecule has 2 aromatic carbocycles. The van der Waals surface area contributed by atoms with E-state index in [-0.39, 0.29) is 41.1 Å². The fourth-order valence-corrected chi connectivity index (χ4v) is 7.51.